The Kier molecular flexibility index (Phi) is 5.88. The summed E-state index contributed by atoms with van der Waals surface area (Å²) in [4.78, 5) is 2.65. The Hall–Kier alpha value is -0.120. The average Bonchev–Trinajstić information content (AvgIpc) is 2.84. The van der Waals surface area contributed by atoms with Crippen LogP contribution in [0, 0.1) is 17.8 Å². The largest absolute Gasteiger partial charge is 0.394 e. The Labute approximate surface area is 125 Å². The predicted molar refractivity (Wildman–Crippen MR) is 84.8 cm³/mol. The van der Waals surface area contributed by atoms with Gasteiger partial charge in [-0.3, -0.25) is 0 Å². The van der Waals surface area contributed by atoms with Crippen LogP contribution in [0.1, 0.15) is 52.9 Å². The first-order chi connectivity index (χ1) is 9.61. The van der Waals surface area contributed by atoms with Crippen LogP contribution in [-0.4, -0.2) is 48.3 Å². The van der Waals surface area contributed by atoms with Gasteiger partial charge < -0.3 is 15.3 Å². The van der Waals surface area contributed by atoms with E-state index < -0.39 is 0 Å². The highest BCUT2D eigenvalue weighted by atomic mass is 16.3. The van der Waals surface area contributed by atoms with E-state index in [4.69, 9.17) is 0 Å². The molecule has 3 nitrogen and oxygen atoms in total. The Balaban J connectivity index is 1.83. The van der Waals surface area contributed by atoms with E-state index in [1.165, 1.54) is 45.3 Å². The number of aliphatic hydroxyl groups is 1. The van der Waals surface area contributed by atoms with E-state index in [0.717, 1.165) is 24.8 Å². The highest BCUT2D eigenvalue weighted by Gasteiger charge is 2.41. The van der Waals surface area contributed by atoms with Gasteiger partial charge in [-0.25, -0.2) is 0 Å². The number of likely N-dealkylation sites (N-methyl/N-ethyl adjacent to an activating group) is 1. The molecule has 4 unspecified atom stereocenters. The second kappa shape index (κ2) is 7.24. The zero-order valence-electron chi connectivity index (χ0n) is 13.7. The number of rotatable bonds is 6. The topological polar surface area (TPSA) is 35.5 Å². The molecule has 1 heterocycles. The van der Waals surface area contributed by atoms with Crippen molar-refractivity contribution in [3.8, 4) is 0 Å². The van der Waals surface area contributed by atoms with Gasteiger partial charge in [0.05, 0.1) is 6.61 Å². The summed E-state index contributed by atoms with van der Waals surface area (Å²) in [5.41, 5.74) is 0.0173. The van der Waals surface area contributed by atoms with Gasteiger partial charge in [0.25, 0.3) is 0 Å². The molecule has 1 saturated heterocycles. The van der Waals surface area contributed by atoms with Gasteiger partial charge >= 0.3 is 0 Å². The molecule has 2 aliphatic rings. The number of likely N-dealkylation sites (tertiary alicyclic amines) is 1. The quantitative estimate of drug-likeness (QED) is 0.786. The predicted octanol–water partition coefficient (Wildman–Crippen LogP) is 2.50. The lowest BCUT2D eigenvalue weighted by Crippen LogP contribution is -2.52. The highest BCUT2D eigenvalue weighted by molar-refractivity contribution is 4.99. The van der Waals surface area contributed by atoms with E-state index in [1.54, 1.807) is 0 Å². The van der Waals surface area contributed by atoms with Crippen LogP contribution in [0.15, 0.2) is 0 Å². The van der Waals surface area contributed by atoms with E-state index in [-0.39, 0.29) is 5.54 Å². The normalized spacial score (nSPS) is 39.3. The molecule has 0 aromatic carbocycles. The summed E-state index contributed by atoms with van der Waals surface area (Å²) in [5.74, 6) is 2.38. The van der Waals surface area contributed by atoms with Gasteiger partial charge in [-0.1, -0.05) is 27.2 Å². The Morgan fingerprint density at radius 3 is 2.70 bits per heavy atom. The minimum atomic E-state index is 0.0173. The summed E-state index contributed by atoms with van der Waals surface area (Å²) in [7, 11) is 0. The molecule has 4 atom stereocenters. The molecule has 2 N–H and O–H groups in total. The fourth-order valence-electron chi connectivity index (χ4n) is 4.30. The van der Waals surface area contributed by atoms with Crippen molar-refractivity contribution in [3.63, 3.8) is 0 Å². The maximum atomic E-state index is 9.86. The summed E-state index contributed by atoms with van der Waals surface area (Å²) < 4.78 is 0. The third-order valence-corrected chi connectivity index (χ3v) is 5.98. The third kappa shape index (κ3) is 3.55. The van der Waals surface area contributed by atoms with E-state index in [1.807, 2.05) is 0 Å². The second-order valence-corrected chi connectivity index (χ2v) is 7.27. The van der Waals surface area contributed by atoms with Crippen LogP contribution in [0.3, 0.4) is 0 Å². The Morgan fingerprint density at radius 2 is 2.05 bits per heavy atom. The molecular formula is C17H34N2O. The first-order valence-corrected chi connectivity index (χ1v) is 8.69. The number of hydrogen-bond acceptors (Lipinski definition) is 3. The van der Waals surface area contributed by atoms with Crippen molar-refractivity contribution in [2.45, 2.75) is 58.4 Å². The van der Waals surface area contributed by atoms with Gasteiger partial charge in [0.15, 0.2) is 0 Å². The average molecular weight is 282 g/mol. The molecule has 1 aliphatic heterocycles. The van der Waals surface area contributed by atoms with E-state index >= 15 is 0 Å². The van der Waals surface area contributed by atoms with Crippen molar-refractivity contribution >= 4 is 0 Å². The van der Waals surface area contributed by atoms with E-state index in [2.05, 4.69) is 31.0 Å². The first-order valence-electron chi connectivity index (χ1n) is 8.69. The SMILES string of the molecule is CCNC1(CO)CCCC1CCN1CCC(C)C(C)C1. The van der Waals surface area contributed by atoms with Crippen LogP contribution in [0.5, 0.6) is 0 Å². The highest BCUT2D eigenvalue weighted by Crippen LogP contribution is 2.38. The van der Waals surface area contributed by atoms with Crippen LogP contribution < -0.4 is 5.32 Å². The van der Waals surface area contributed by atoms with Crippen molar-refractivity contribution in [2.75, 3.05) is 32.8 Å². The minimum absolute atomic E-state index is 0.0173. The molecule has 0 aromatic heterocycles. The number of piperidine rings is 1. The Morgan fingerprint density at radius 1 is 1.25 bits per heavy atom. The molecule has 0 aromatic rings. The lowest BCUT2D eigenvalue weighted by atomic mass is 9.84. The molecule has 2 rings (SSSR count). The van der Waals surface area contributed by atoms with Gasteiger partial charge in [0, 0.05) is 12.1 Å². The molecule has 2 fully saturated rings. The number of hydrogen-bond donors (Lipinski definition) is 2. The lowest BCUT2D eigenvalue weighted by molar-refractivity contribution is 0.0955. The first kappa shape index (κ1) is 16.3. The van der Waals surface area contributed by atoms with Crippen LogP contribution in [0.2, 0.25) is 0 Å². The molecule has 0 spiro atoms. The molecule has 1 aliphatic carbocycles. The van der Waals surface area contributed by atoms with Gasteiger partial charge in [0.1, 0.15) is 0 Å². The minimum Gasteiger partial charge on any atom is -0.394 e. The molecular weight excluding hydrogens is 248 g/mol. The summed E-state index contributed by atoms with van der Waals surface area (Å²) in [5, 5.41) is 13.4. The van der Waals surface area contributed by atoms with Crippen molar-refractivity contribution in [3.05, 3.63) is 0 Å². The Bertz CT molecular complexity index is 297. The van der Waals surface area contributed by atoms with E-state index in [0.29, 0.717) is 12.5 Å². The second-order valence-electron chi connectivity index (χ2n) is 7.27. The van der Waals surface area contributed by atoms with Gasteiger partial charge in [0.2, 0.25) is 0 Å². The summed E-state index contributed by atoms with van der Waals surface area (Å²) in [6.45, 7) is 12.0. The van der Waals surface area contributed by atoms with Crippen LogP contribution in [0.4, 0.5) is 0 Å². The molecule has 1 saturated carbocycles. The van der Waals surface area contributed by atoms with E-state index in [9.17, 15) is 5.11 Å². The molecule has 0 radical (unpaired) electrons. The van der Waals surface area contributed by atoms with Gasteiger partial charge in [-0.05, 0) is 63.1 Å². The fraction of sp³-hybridized carbons (Fsp3) is 1.00. The molecule has 118 valence electrons. The third-order valence-electron chi connectivity index (χ3n) is 5.98. The number of nitrogens with zero attached hydrogens (tertiary/aromatic N) is 1. The number of nitrogens with one attached hydrogen (secondary N) is 1. The summed E-state index contributed by atoms with van der Waals surface area (Å²) in [6, 6.07) is 0. The van der Waals surface area contributed by atoms with Crippen molar-refractivity contribution < 1.29 is 5.11 Å². The zero-order valence-corrected chi connectivity index (χ0v) is 13.7. The fourth-order valence-corrected chi connectivity index (χ4v) is 4.30. The summed E-state index contributed by atoms with van der Waals surface area (Å²) in [6.07, 6.45) is 6.30. The van der Waals surface area contributed by atoms with Crippen molar-refractivity contribution in [2.24, 2.45) is 17.8 Å². The zero-order chi connectivity index (χ0) is 14.6. The monoisotopic (exact) mass is 282 g/mol. The van der Waals surface area contributed by atoms with Crippen LogP contribution >= 0.6 is 0 Å². The van der Waals surface area contributed by atoms with Crippen LogP contribution in [0.25, 0.3) is 0 Å². The standard InChI is InChI=1S/C17H34N2O/c1-4-18-17(13-20)9-5-6-16(17)8-11-19-10-7-14(2)15(3)12-19/h14-16,18,20H,4-13H2,1-3H3. The van der Waals surface area contributed by atoms with Crippen molar-refractivity contribution in [1.82, 2.24) is 10.2 Å². The molecule has 20 heavy (non-hydrogen) atoms. The molecule has 0 amide bonds. The molecule has 3 heteroatoms. The number of aliphatic hydroxyl groups excluding tert-OH is 1. The van der Waals surface area contributed by atoms with Crippen LogP contribution in [-0.2, 0) is 0 Å². The molecule has 0 bridgehead atoms. The van der Waals surface area contributed by atoms with Gasteiger partial charge in [-0.2, -0.15) is 0 Å². The lowest BCUT2D eigenvalue weighted by Gasteiger charge is -2.38. The maximum absolute atomic E-state index is 9.86. The van der Waals surface area contributed by atoms with Gasteiger partial charge in [-0.15, -0.1) is 0 Å². The maximum Gasteiger partial charge on any atom is 0.0616 e. The van der Waals surface area contributed by atoms with Crippen molar-refractivity contribution in [1.29, 1.82) is 0 Å². The smallest absolute Gasteiger partial charge is 0.0616 e. The summed E-state index contributed by atoms with van der Waals surface area (Å²) >= 11 is 0.